The van der Waals surface area contributed by atoms with Crippen LogP contribution in [0.2, 0.25) is 0 Å². The first-order valence-electron chi connectivity index (χ1n) is 10.3. The molecule has 0 aliphatic heterocycles. The van der Waals surface area contributed by atoms with Crippen molar-refractivity contribution >= 4 is 19.2 Å². The molecule has 0 bridgehead atoms. The molecule has 0 amide bonds. The monoisotopic (exact) mass is 496 g/mol. The normalized spacial score (nSPS) is 10.3. The van der Waals surface area contributed by atoms with E-state index in [-0.39, 0.29) is 50.0 Å². The van der Waals surface area contributed by atoms with E-state index in [2.05, 4.69) is 0 Å². The number of carbonyl (C=O) groups excluding carboxylic acids is 2. The van der Waals surface area contributed by atoms with Crippen molar-refractivity contribution in [1.29, 1.82) is 0 Å². The molecular weight excluding hydrogens is 470 g/mol. The first-order valence-corrected chi connectivity index (χ1v) is 12.3. The quantitative estimate of drug-likeness (QED) is 0.208. The topological polar surface area (TPSA) is 69.7 Å². The number of carbonyl (C=O) groups is 2. The van der Waals surface area contributed by atoms with Gasteiger partial charge in [-0.1, -0.05) is 68.1 Å². The van der Waals surface area contributed by atoms with Gasteiger partial charge in [-0.2, -0.15) is 0 Å². The molecule has 0 saturated heterocycles. The maximum absolute atomic E-state index is 12.9. The Hall–Kier alpha value is -2.95. The molecule has 0 atom stereocenters. The molecule has 0 heterocycles. The van der Waals surface area contributed by atoms with Crippen molar-refractivity contribution in [1.82, 2.24) is 0 Å². The molecule has 0 aliphatic carbocycles. The largest absolute Gasteiger partial charge is 1.00 e. The molecule has 0 N–H and O–H groups in total. The number of ketones is 2. The Morgan fingerprint density at radius 3 is 1.17 bits per heavy atom. The van der Waals surface area contributed by atoms with E-state index in [0.29, 0.717) is 33.8 Å². The molecular formula is C28H26NaO5P. The summed E-state index contributed by atoms with van der Waals surface area (Å²) in [4.78, 5) is 25.0. The third-order valence-electron chi connectivity index (χ3n) is 4.85. The summed E-state index contributed by atoms with van der Waals surface area (Å²) in [5.41, 5.74) is 2.17. The van der Waals surface area contributed by atoms with Crippen molar-refractivity contribution in [3.63, 3.8) is 0 Å². The zero-order valence-electron chi connectivity index (χ0n) is 19.9. The van der Waals surface area contributed by atoms with E-state index in [0.717, 1.165) is 0 Å². The maximum Gasteiger partial charge on any atom is 1.00 e. The number of hydrogen-bond donors (Lipinski definition) is 0. The Balaban J connectivity index is 0.00000216. The van der Waals surface area contributed by atoms with Crippen LogP contribution in [0.1, 0.15) is 40.7 Å². The van der Waals surface area contributed by atoms with Crippen LogP contribution in [0.4, 0.5) is 0 Å². The van der Waals surface area contributed by atoms with Crippen LogP contribution in [0.3, 0.4) is 0 Å². The molecule has 4 rings (SSSR count). The molecule has 0 saturated carbocycles. The van der Waals surface area contributed by atoms with E-state index < -0.39 is 7.60 Å². The first-order chi connectivity index (χ1) is 15.9. The van der Waals surface area contributed by atoms with E-state index in [4.69, 9.17) is 9.05 Å². The van der Waals surface area contributed by atoms with Crippen LogP contribution in [-0.2, 0) is 4.57 Å². The molecule has 0 aliphatic rings. The van der Waals surface area contributed by atoms with Gasteiger partial charge < -0.3 is 10.5 Å². The molecule has 0 fully saturated rings. The van der Waals surface area contributed by atoms with E-state index >= 15 is 0 Å². The number of hydrogen-bond acceptors (Lipinski definition) is 5. The van der Waals surface area contributed by atoms with Crippen LogP contribution in [0, 0.1) is 0 Å². The zero-order valence-corrected chi connectivity index (χ0v) is 21.8. The summed E-state index contributed by atoms with van der Waals surface area (Å²) < 4.78 is 24.0. The second kappa shape index (κ2) is 12.7. The smallest absolute Gasteiger partial charge is 1.00 e. The van der Waals surface area contributed by atoms with Gasteiger partial charge >= 0.3 is 37.2 Å². The van der Waals surface area contributed by atoms with Gasteiger partial charge in [0.25, 0.3) is 0 Å². The predicted molar refractivity (Wildman–Crippen MR) is 135 cm³/mol. The van der Waals surface area contributed by atoms with Gasteiger partial charge in [0.15, 0.2) is 11.6 Å². The Morgan fingerprint density at radius 1 is 0.571 bits per heavy atom. The molecule has 0 spiro atoms. The van der Waals surface area contributed by atoms with Crippen LogP contribution >= 0.6 is 7.60 Å². The number of rotatable bonds is 8. The van der Waals surface area contributed by atoms with Gasteiger partial charge in [-0.3, -0.25) is 9.59 Å². The molecule has 7 heteroatoms. The molecule has 4 aromatic carbocycles. The Labute approximate surface area is 229 Å². The average Bonchev–Trinajstić information content (AvgIpc) is 2.85. The second-order valence-electron chi connectivity index (χ2n) is 7.39. The van der Waals surface area contributed by atoms with Gasteiger partial charge in [0.05, 0.1) is 6.66 Å². The zero-order chi connectivity index (χ0) is 23.3. The van der Waals surface area contributed by atoms with Crippen molar-refractivity contribution in [2.24, 2.45) is 0 Å². The summed E-state index contributed by atoms with van der Waals surface area (Å²) in [7, 11) is -3.50. The van der Waals surface area contributed by atoms with Crippen LogP contribution < -0.4 is 38.6 Å². The summed E-state index contributed by atoms with van der Waals surface area (Å²) in [6.45, 7) is 1.36. The SMILES string of the molecule is C.CP(=O)(Oc1ccc(C(=O)c2ccccc2)cc1)Oc1ccc(C(=O)c2ccccc2)cc1.[H-].[Na+]. The predicted octanol–water partition coefficient (Wildman–Crippen LogP) is 4.18. The summed E-state index contributed by atoms with van der Waals surface area (Å²) >= 11 is 0. The third-order valence-corrected chi connectivity index (χ3v) is 5.93. The minimum atomic E-state index is -3.50. The van der Waals surface area contributed by atoms with Crippen LogP contribution in [0.25, 0.3) is 0 Å². The number of benzene rings is 4. The van der Waals surface area contributed by atoms with E-state index in [1.807, 2.05) is 12.1 Å². The Bertz CT molecular complexity index is 1210. The fourth-order valence-electron chi connectivity index (χ4n) is 3.25. The molecule has 174 valence electrons. The van der Waals surface area contributed by atoms with Gasteiger partial charge in [-0.15, -0.1) is 0 Å². The van der Waals surface area contributed by atoms with Crippen molar-refractivity contribution in [3.8, 4) is 11.5 Å². The van der Waals surface area contributed by atoms with Crippen molar-refractivity contribution in [3.05, 3.63) is 131 Å². The van der Waals surface area contributed by atoms with Gasteiger partial charge in [0.1, 0.15) is 11.5 Å². The summed E-state index contributed by atoms with van der Waals surface area (Å²) in [5.74, 6) is 0.425. The minimum absolute atomic E-state index is 0. The molecule has 0 unspecified atom stereocenters. The van der Waals surface area contributed by atoms with E-state index in [1.54, 1.807) is 97.1 Å². The van der Waals surface area contributed by atoms with Gasteiger partial charge in [-0.25, -0.2) is 4.57 Å². The first kappa shape index (κ1) is 28.3. The summed E-state index contributed by atoms with van der Waals surface area (Å²) in [6.07, 6.45) is 0. The standard InChI is InChI=1S/C27H21O5P.CH4.Na.H/c1-33(30,31-24-16-12-22(13-17-24)26(28)20-8-4-2-5-9-20)32-25-18-14-23(15-19-25)27(29)21-10-6-3-7-11-21;;;/h2-19H,1H3;1H4;;/q;;+1;-1. The fourth-order valence-corrected chi connectivity index (χ4v) is 4.29. The van der Waals surface area contributed by atoms with Crippen molar-refractivity contribution in [2.45, 2.75) is 7.43 Å². The van der Waals surface area contributed by atoms with Gasteiger partial charge in [0, 0.05) is 22.3 Å². The molecule has 0 aromatic heterocycles. The molecule has 4 aromatic rings. The second-order valence-corrected chi connectivity index (χ2v) is 9.30. The summed E-state index contributed by atoms with van der Waals surface area (Å²) in [5, 5.41) is 0. The van der Waals surface area contributed by atoms with Crippen molar-refractivity contribution < 1.29 is 54.2 Å². The molecule has 35 heavy (non-hydrogen) atoms. The van der Waals surface area contributed by atoms with E-state index in [9.17, 15) is 14.2 Å². The van der Waals surface area contributed by atoms with Crippen molar-refractivity contribution in [2.75, 3.05) is 6.66 Å². The van der Waals surface area contributed by atoms with Crippen LogP contribution in [0.15, 0.2) is 109 Å². The minimum Gasteiger partial charge on any atom is -1.00 e. The van der Waals surface area contributed by atoms with Crippen LogP contribution in [0.5, 0.6) is 11.5 Å². The Kier molecular flexibility index (Phi) is 10.2. The average molecular weight is 496 g/mol. The molecule has 0 radical (unpaired) electrons. The fraction of sp³-hybridized carbons (Fsp3) is 0.0714. The molecule has 5 nitrogen and oxygen atoms in total. The summed E-state index contributed by atoms with van der Waals surface area (Å²) in [6, 6.07) is 30.7. The van der Waals surface area contributed by atoms with Crippen LogP contribution in [-0.4, -0.2) is 18.2 Å². The van der Waals surface area contributed by atoms with E-state index in [1.165, 1.54) is 6.66 Å². The third kappa shape index (κ3) is 7.51. The Morgan fingerprint density at radius 2 is 0.857 bits per heavy atom. The maximum atomic E-state index is 12.9. The van der Waals surface area contributed by atoms with Gasteiger partial charge in [0.2, 0.25) is 0 Å². The van der Waals surface area contributed by atoms with Gasteiger partial charge in [-0.05, 0) is 48.5 Å².